The van der Waals surface area contributed by atoms with Crippen molar-refractivity contribution in [2.45, 2.75) is 30.8 Å². The monoisotopic (exact) mass is 628 g/mol. The fraction of sp³-hybridized carbons (Fsp3) is 0.111. The molecule has 4 heteroatoms. The van der Waals surface area contributed by atoms with Crippen molar-refractivity contribution in [1.29, 1.82) is 10.5 Å². The molecule has 0 N–H and O–H groups in total. The first-order chi connectivity index (χ1) is 24.1. The van der Waals surface area contributed by atoms with E-state index in [1.54, 1.807) is 0 Å². The van der Waals surface area contributed by atoms with Gasteiger partial charge in [-0.05, 0) is 65.6 Å². The summed E-state index contributed by atoms with van der Waals surface area (Å²) in [6, 6.07) is 43.0. The van der Waals surface area contributed by atoms with E-state index in [9.17, 15) is 10.5 Å². The molecule has 0 saturated heterocycles. The van der Waals surface area contributed by atoms with Crippen molar-refractivity contribution < 1.29 is 0 Å². The van der Waals surface area contributed by atoms with E-state index in [-0.39, 0.29) is 23.9 Å². The number of allylic oxidation sites excluding steroid dienone is 4. The third-order valence-electron chi connectivity index (χ3n) is 10.5. The Labute approximate surface area is 287 Å². The van der Waals surface area contributed by atoms with Gasteiger partial charge in [-0.1, -0.05) is 121 Å². The van der Waals surface area contributed by atoms with Crippen LogP contribution in [0.15, 0.2) is 157 Å². The molecule has 0 aromatic heterocycles. The molecule has 0 fully saturated rings. The van der Waals surface area contributed by atoms with Crippen LogP contribution in [-0.2, 0) is 0 Å². The average Bonchev–Trinajstić information content (AvgIpc) is 3.67. The molecule has 232 valence electrons. The maximum atomic E-state index is 10.5. The Morgan fingerprint density at radius 2 is 1.18 bits per heavy atom. The number of nitriles is 2. The van der Waals surface area contributed by atoms with Gasteiger partial charge in [0.05, 0.1) is 35.3 Å². The Morgan fingerprint density at radius 1 is 0.551 bits per heavy atom. The van der Waals surface area contributed by atoms with Gasteiger partial charge in [0.15, 0.2) is 0 Å². The third kappa shape index (κ3) is 4.50. The van der Waals surface area contributed by atoms with Crippen LogP contribution in [0.3, 0.4) is 0 Å². The highest BCUT2D eigenvalue weighted by atomic mass is 15.2. The van der Waals surface area contributed by atoms with Gasteiger partial charge in [-0.3, -0.25) is 0 Å². The summed E-state index contributed by atoms with van der Waals surface area (Å²) in [6.45, 7) is 2.16. The molecule has 4 nitrogen and oxygen atoms in total. The number of anilines is 4. The smallest absolute Gasteiger partial charge is 0.0998 e. The molecule has 4 atom stereocenters. The molecule has 4 unspecified atom stereocenters. The SMILES string of the molecule is CC1=CC2c3ccccc3N(c3ccccc3-c3ccc(-c4ccc(N5c6ccccc6C6C=CC=CC65)cc4C#N)cc3C#N)C2C=C1. The van der Waals surface area contributed by atoms with Gasteiger partial charge in [0.25, 0.3) is 0 Å². The second-order valence-electron chi connectivity index (χ2n) is 13.2. The van der Waals surface area contributed by atoms with E-state index >= 15 is 0 Å². The first-order valence-electron chi connectivity index (χ1n) is 16.8. The van der Waals surface area contributed by atoms with Crippen LogP contribution in [0.25, 0.3) is 22.3 Å². The van der Waals surface area contributed by atoms with Crippen LogP contribution >= 0.6 is 0 Å². The average molecular weight is 629 g/mol. The number of fused-ring (bicyclic) bond motifs is 6. The Hall–Kier alpha value is -6.36. The largest absolute Gasteiger partial charge is 0.333 e. The summed E-state index contributed by atoms with van der Waals surface area (Å²) in [4.78, 5) is 4.76. The highest BCUT2D eigenvalue weighted by Crippen LogP contribution is 2.51. The number of para-hydroxylation sites is 3. The van der Waals surface area contributed by atoms with E-state index in [2.05, 4.69) is 144 Å². The fourth-order valence-electron chi connectivity index (χ4n) is 8.33. The van der Waals surface area contributed by atoms with Gasteiger partial charge >= 0.3 is 0 Å². The Kier molecular flexibility index (Phi) is 6.71. The summed E-state index contributed by atoms with van der Waals surface area (Å²) in [6.07, 6.45) is 15.6. The Morgan fingerprint density at radius 3 is 1.98 bits per heavy atom. The summed E-state index contributed by atoms with van der Waals surface area (Å²) in [5, 5.41) is 20.9. The van der Waals surface area contributed by atoms with Crippen molar-refractivity contribution in [2.75, 3.05) is 9.80 Å². The highest BCUT2D eigenvalue weighted by Gasteiger charge is 2.39. The topological polar surface area (TPSA) is 54.1 Å². The molecule has 0 radical (unpaired) electrons. The van der Waals surface area contributed by atoms with E-state index in [1.165, 1.54) is 28.1 Å². The minimum atomic E-state index is 0.154. The normalized spacial score (nSPS) is 20.9. The molecular formula is C45H32N4. The standard InChI is InChI=1S/C45H32N4/c1-29-18-23-45-40(24-29)39-13-5-9-17-44(39)49(45)43-16-8-2-10-36(43)35-21-19-30(25-31(35)27-46)34-22-20-33(26-32(34)28-47)48-41-14-6-3-11-37(41)38-12-4-7-15-42(38)48/h2-26,37,40-41,45H,1H3. The molecule has 5 aromatic carbocycles. The molecule has 0 spiro atoms. The minimum Gasteiger partial charge on any atom is -0.333 e. The predicted octanol–water partition coefficient (Wildman–Crippen LogP) is 10.6. The number of benzene rings is 5. The maximum absolute atomic E-state index is 10.5. The zero-order chi connectivity index (χ0) is 33.1. The Balaban J connectivity index is 1.11. The van der Waals surface area contributed by atoms with Crippen LogP contribution in [-0.4, -0.2) is 12.1 Å². The second kappa shape index (κ2) is 11.4. The van der Waals surface area contributed by atoms with E-state index in [0.717, 1.165) is 33.6 Å². The summed E-state index contributed by atoms with van der Waals surface area (Å²) < 4.78 is 0. The fourth-order valence-corrected chi connectivity index (χ4v) is 8.33. The molecule has 0 bridgehead atoms. The molecule has 2 heterocycles. The van der Waals surface area contributed by atoms with E-state index < -0.39 is 0 Å². The number of hydrogen-bond acceptors (Lipinski definition) is 4. The molecular weight excluding hydrogens is 597 g/mol. The molecule has 2 aliphatic heterocycles. The van der Waals surface area contributed by atoms with Crippen molar-refractivity contribution >= 4 is 22.7 Å². The summed E-state index contributed by atoms with van der Waals surface area (Å²) in [7, 11) is 0. The molecule has 0 amide bonds. The van der Waals surface area contributed by atoms with Crippen molar-refractivity contribution in [2.24, 2.45) is 0 Å². The van der Waals surface area contributed by atoms with Crippen molar-refractivity contribution in [3.8, 4) is 34.4 Å². The molecule has 9 rings (SSSR count). The number of hydrogen-bond donors (Lipinski definition) is 0. The van der Waals surface area contributed by atoms with Crippen molar-refractivity contribution in [3.63, 3.8) is 0 Å². The first kappa shape index (κ1) is 28.8. The lowest BCUT2D eigenvalue weighted by Crippen LogP contribution is -2.29. The van der Waals surface area contributed by atoms with Crippen LogP contribution in [0.2, 0.25) is 0 Å². The van der Waals surface area contributed by atoms with Gasteiger partial charge in [0, 0.05) is 45.7 Å². The zero-order valence-corrected chi connectivity index (χ0v) is 27.0. The predicted molar refractivity (Wildman–Crippen MR) is 198 cm³/mol. The van der Waals surface area contributed by atoms with Crippen LogP contribution in [0.1, 0.15) is 41.0 Å². The summed E-state index contributed by atoms with van der Waals surface area (Å²) in [5.41, 5.74) is 13.0. The summed E-state index contributed by atoms with van der Waals surface area (Å²) in [5.74, 6) is 0.541. The lowest BCUT2D eigenvalue weighted by molar-refractivity contribution is 0.739. The number of rotatable bonds is 4. The molecule has 2 aliphatic carbocycles. The highest BCUT2D eigenvalue weighted by molar-refractivity contribution is 5.90. The molecule has 49 heavy (non-hydrogen) atoms. The minimum absolute atomic E-state index is 0.154. The van der Waals surface area contributed by atoms with Gasteiger partial charge in [0.1, 0.15) is 0 Å². The third-order valence-corrected chi connectivity index (χ3v) is 10.5. The number of nitrogens with zero attached hydrogens (tertiary/aromatic N) is 4. The van der Waals surface area contributed by atoms with E-state index in [4.69, 9.17) is 0 Å². The quantitative estimate of drug-likeness (QED) is 0.199. The van der Waals surface area contributed by atoms with Crippen molar-refractivity contribution in [3.05, 3.63) is 180 Å². The maximum Gasteiger partial charge on any atom is 0.0998 e. The molecule has 0 saturated carbocycles. The van der Waals surface area contributed by atoms with Gasteiger partial charge in [-0.15, -0.1) is 0 Å². The van der Waals surface area contributed by atoms with Gasteiger partial charge in [0.2, 0.25) is 0 Å². The first-order valence-corrected chi connectivity index (χ1v) is 16.8. The van der Waals surface area contributed by atoms with Crippen LogP contribution < -0.4 is 9.80 Å². The second-order valence-corrected chi connectivity index (χ2v) is 13.2. The molecule has 5 aromatic rings. The van der Waals surface area contributed by atoms with Crippen LogP contribution in [0, 0.1) is 22.7 Å². The van der Waals surface area contributed by atoms with Gasteiger partial charge < -0.3 is 9.80 Å². The Bertz CT molecular complexity index is 2380. The van der Waals surface area contributed by atoms with Crippen LogP contribution in [0.5, 0.6) is 0 Å². The zero-order valence-electron chi connectivity index (χ0n) is 27.0. The van der Waals surface area contributed by atoms with Gasteiger partial charge in [-0.25, -0.2) is 0 Å². The van der Waals surface area contributed by atoms with E-state index in [0.29, 0.717) is 11.1 Å². The van der Waals surface area contributed by atoms with Crippen molar-refractivity contribution in [1.82, 2.24) is 0 Å². The lowest BCUT2D eigenvalue weighted by atomic mass is 9.88. The molecule has 4 aliphatic rings. The lowest BCUT2D eigenvalue weighted by Gasteiger charge is -2.31. The van der Waals surface area contributed by atoms with E-state index in [1.807, 2.05) is 36.4 Å². The van der Waals surface area contributed by atoms with Crippen LogP contribution in [0.4, 0.5) is 22.7 Å². The van der Waals surface area contributed by atoms with Gasteiger partial charge in [-0.2, -0.15) is 10.5 Å². The summed E-state index contributed by atoms with van der Waals surface area (Å²) >= 11 is 0.